The van der Waals surface area contributed by atoms with Gasteiger partial charge in [-0.25, -0.2) is 4.98 Å². The third kappa shape index (κ3) is 3.34. The highest BCUT2D eigenvalue weighted by Gasteiger charge is 2.33. The Kier molecular flexibility index (Phi) is 4.10. The quantitative estimate of drug-likeness (QED) is 0.870. The van der Waals surface area contributed by atoms with Crippen LogP contribution in [0.25, 0.3) is 0 Å². The standard InChI is InChI=1S/C12H11ClF3N3S/c1-6(9-2-3-11(13)20-9)19-8-4-10(12(14,15)16)18-5-7(8)17/h2-6H,17H2,1H3,(H,18,19). The summed E-state index contributed by atoms with van der Waals surface area (Å²) in [4.78, 5) is 4.19. The minimum atomic E-state index is -4.50. The summed E-state index contributed by atoms with van der Waals surface area (Å²) in [5, 5.41) is 2.94. The molecule has 0 aliphatic rings. The van der Waals surface area contributed by atoms with E-state index in [0.29, 0.717) is 4.34 Å². The summed E-state index contributed by atoms with van der Waals surface area (Å²) in [5.41, 5.74) is 5.03. The second kappa shape index (κ2) is 5.49. The molecule has 2 rings (SSSR count). The lowest BCUT2D eigenvalue weighted by atomic mass is 10.2. The first-order valence-electron chi connectivity index (χ1n) is 5.62. The van der Waals surface area contributed by atoms with Gasteiger partial charge in [0.05, 0.1) is 27.9 Å². The van der Waals surface area contributed by atoms with Gasteiger partial charge < -0.3 is 11.1 Å². The van der Waals surface area contributed by atoms with Crippen LogP contribution >= 0.6 is 22.9 Å². The summed E-state index contributed by atoms with van der Waals surface area (Å²) in [6.45, 7) is 1.81. The van der Waals surface area contributed by atoms with Gasteiger partial charge in [0.15, 0.2) is 0 Å². The molecule has 0 bridgehead atoms. The van der Waals surface area contributed by atoms with E-state index in [1.54, 1.807) is 6.07 Å². The van der Waals surface area contributed by atoms with Gasteiger partial charge in [-0.1, -0.05) is 11.6 Å². The number of pyridine rings is 1. The molecule has 0 radical (unpaired) electrons. The molecule has 20 heavy (non-hydrogen) atoms. The van der Waals surface area contributed by atoms with E-state index in [0.717, 1.165) is 17.1 Å². The Morgan fingerprint density at radius 3 is 2.65 bits per heavy atom. The number of hydrogen-bond acceptors (Lipinski definition) is 4. The second-order valence-corrected chi connectivity index (χ2v) is 5.91. The van der Waals surface area contributed by atoms with Gasteiger partial charge in [-0.15, -0.1) is 11.3 Å². The lowest BCUT2D eigenvalue weighted by Crippen LogP contribution is -2.12. The largest absolute Gasteiger partial charge is 0.433 e. The fourth-order valence-electron chi connectivity index (χ4n) is 1.61. The highest BCUT2D eigenvalue weighted by molar-refractivity contribution is 7.16. The average molecular weight is 322 g/mol. The minimum absolute atomic E-state index is 0.160. The molecule has 0 saturated carbocycles. The molecule has 0 amide bonds. The van der Waals surface area contributed by atoms with Crippen LogP contribution in [-0.4, -0.2) is 4.98 Å². The third-order valence-corrected chi connectivity index (χ3v) is 4.03. The molecule has 8 heteroatoms. The van der Waals surface area contributed by atoms with Gasteiger partial charge in [0.2, 0.25) is 0 Å². The molecule has 0 spiro atoms. The topological polar surface area (TPSA) is 50.9 Å². The molecule has 0 fully saturated rings. The van der Waals surface area contributed by atoms with E-state index in [2.05, 4.69) is 10.3 Å². The van der Waals surface area contributed by atoms with Crippen molar-refractivity contribution in [2.75, 3.05) is 11.1 Å². The Morgan fingerprint density at radius 1 is 1.40 bits per heavy atom. The second-order valence-electron chi connectivity index (χ2n) is 4.16. The zero-order chi connectivity index (χ0) is 14.9. The van der Waals surface area contributed by atoms with Crippen molar-refractivity contribution in [2.24, 2.45) is 0 Å². The SMILES string of the molecule is CC(Nc1cc(C(F)(F)F)ncc1N)c1ccc(Cl)s1. The zero-order valence-electron chi connectivity index (χ0n) is 10.3. The number of halogens is 4. The highest BCUT2D eigenvalue weighted by Crippen LogP contribution is 2.34. The van der Waals surface area contributed by atoms with Crippen molar-refractivity contribution in [3.63, 3.8) is 0 Å². The lowest BCUT2D eigenvalue weighted by molar-refractivity contribution is -0.141. The van der Waals surface area contributed by atoms with Gasteiger partial charge in [0.1, 0.15) is 5.69 Å². The zero-order valence-corrected chi connectivity index (χ0v) is 11.9. The fraction of sp³-hybridized carbons (Fsp3) is 0.250. The summed E-state index contributed by atoms with van der Waals surface area (Å²) in [6.07, 6.45) is -3.50. The van der Waals surface area contributed by atoms with Crippen LogP contribution in [0.3, 0.4) is 0 Å². The van der Waals surface area contributed by atoms with Gasteiger partial charge in [-0.3, -0.25) is 0 Å². The number of nitrogens with zero attached hydrogens (tertiary/aromatic N) is 1. The number of anilines is 2. The van der Waals surface area contributed by atoms with Gasteiger partial charge in [-0.2, -0.15) is 13.2 Å². The van der Waals surface area contributed by atoms with E-state index in [4.69, 9.17) is 17.3 Å². The molecule has 0 saturated heterocycles. The van der Waals surface area contributed by atoms with Crippen LogP contribution in [-0.2, 0) is 6.18 Å². The Hall–Kier alpha value is -1.47. The van der Waals surface area contributed by atoms with E-state index in [1.807, 2.05) is 13.0 Å². The lowest BCUT2D eigenvalue weighted by Gasteiger charge is -2.16. The molecule has 3 nitrogen and oxygen atoms in total. The Balaban J connectivity index is 2.24. The smallest absolute Gasteiger partial charge is 0.396 e. The normalized spacial score (nSPS) is 13.2. The number of aromatic nitrogens is 1. The molecule has 2 heterocycles. The first-order valence-corrected chi connectivity index (χ1v) is 6.81. The van der Waals surface area contributed by atoms with Crippen LogP contribution in [0.2, 0.25) is 4.34 Å². The Bertz CT molecular complexity index is 612. The fourth-order valence-corrected chi connectivity index (χ4v) is 2.67. The molecular formula is C12H11ClF3N3S. The van der Waals surface area contributed by atoms with Gasteiger partial charge in [0, 0.05) is 4.88 Å². The summed E-state index contributed by atoms with van der Waals surface area (Å²) >= 11 is 7.19. The minimum Gasteiger partial charge on any atom is -0.396 e. The maximum absolute atomic E-state index is 12.6. The summed E-state index contributed by atoms with van der Waals surface area (Å²) in [7, 11) is 0. The maximum Gasteiger partial charge on any atom is 0.433 e. The van der Waals surface area contributed by atoms with Crippen molar-refractivity contribution in [1.29, 1.82) is 0 Å². The molecular weight excluding hydrogens is 311 g/mol. The van der Waals surface area contributed by atoms with Crippen molar-refractivity contribution in [2.45, 2.75) is 19.1 Å². The molecule has 1 atom stereocenters. The molecule has 0 aliphatic carbocycles. The predicted octanol–water partition coefficient (Wildman–Crippen LogP) is 4.57. The Morgan fingerprint density at radius 2 is 2.10 bits per heavy atom. The van der Waals surface area contributed by atoms with E-state index in [-0.39, 0.29) is 17.4 Å². The van der Waals surface area contributed by atoms with Gasteiger partial charge in [0.25, 0.3) is 0 Å². The van der Waals surface area contributed by atoms with Crippen LogP contribution < -0.4 is 11.1 Å². The number of hydrogen-bond donors (Lipinski definition) is 2. The number of thiophene rings is 1. The van der Waals surface area contributed by atoms with Crippen molar-refractivity contribution in [1.82, 2.24) is 4.98 Å². The summed E-state index contributed by atoms with van der Waals surface area (Å²) < 4.78 is 38.5. The van der Waals surface area contributed by atoms with E-state index in [9.17, 15) is 13.2 Å². The predicted molar refractivity (Wildman–Crippen MR) is 75.0 cm³/mol. The van der Waals surface area contributed by atoms with Crippen LogP contribution in [0.1, 0.15) is 23.5 Å². The number of alkyl halides is 3. The van der Waals surface area contributed by atoms with Crippen LogP contribution in [0.5, 0.6) is 0 Å². The summed E-state index contributed by atoms with van der Waals surface area (Å²) in [5.74, 6) is 0. The highest BCUT2D eigenvalue weighted by atomic mass is 35.5. The molecule has 2 aromatic rings. The van der Waals surface area contributed by atoms with Crippen molar-refractivity contribution in [3.05, 3.63) is 39.3 Å². The number of nitrogens with one attached hydrogen (secondary N) is 1. The molecule has 0 aliphatic heterocycles. The average Bonchev–Trinajstić information content (AvgIpc) is 2.77. The maximum atomic E-state index is 12.6. The molecule has 2 aromatic heterocycles. The van der Waals surface area contributed by atoms with Gasteiger partial charge in [-0.05, 0) is 25.1 Å². The van der Waals surface area contributed by atoms with Crippen molar-refractivity contribution in [3.8, 4) is 0 Å². The van der Waals surface area contributed by atoms with E-state index < -0.39 is 11.9 Å². The number of nitrogen functional groups attached to an aromatic ring is 1. The molecule has 108 valence electrons. The van der Waals surface area contributed by atoms with Gasteiger partial charge >= 0.3 is 6.18 Å². The Labute approximate surface area is 122 Å². The van der Waals surface area contributed by atoms with Crippen LogP contribution in [0.4, 0.5) is 24.5 Å². The number of nitrogens with two attached hydrogens (primary N) is 1. The van der Waals surface area contributed by atoms with Crippen molar-refractivity contribution >= 4 is 34.3 Å². The molecule has 0 aromatic carbocycles. The third-order valence-electron chi connectivity index (χ3n) is 2.62. The van der Waals surface area contributed by atoms with Crippen molar-refractivity contribution < 1.29 is 13.2 Å². The first-order chi connectivity index (χ1) is 9.27. The van der Waals surface area contributed by atoms with Crippen LogP contribution in [0.15, 0.2) is 24.4 Å². The molecule has 1 unspecified atom stereocenters. The first kappa shape index (κ1) is 14.9. The molecule has 3 N–H and O–H groups in total. The van der Waals surface area contributed by atoms with E-state index in [1.165, 1.54) is 11.3 Å². The monoisotopic (exact) mass is 321 g/mol. The number of rotatable bonds is 3. The van der Waals surface area contributed by atoms with E-state index >= 15 is 0 Å². The van der Waals surface area contributed by atoms with Crippen LogP contribution in [0, 0.1) is 0 Å². The summed E-state index contributed by atoms with van der Waals surface area (Å²) in [6, 6.07) is 4.24.